The third-order valence-electron chi connectivity index (χ3n) is 3.18. The van der Waals surface area contributed by atoms with Gasteiger partial charge in [-0.3, -0.25) is 4.79 Å². The Morgan fingerprint density at radius 2 is 2.20 bits per heavy atom. The Labute approximate surface area is 128 Å². The zero-order valence-corrected chi connectivity index (χ0v) is 13.2. The van der Waals surface area contributed by atoms with E-state index in [0.29, 0.717) is 11.0 Å². The third-order valence-corrected chi connectivity index (χ3v) is 4.17. The second kappa shape index (κ2) is 6.45. The fourth-order valence-electron chi connectivity index (χ4n) is 1.93. The molecule has 1 atom stereocenters. The molecule has 1 fully saturated rings. The van der Waals surface area contributed by atoms with Gasteiger partial charge in [0.1, 0.15) is 11.0 Å². The van der Waals surface area contributed by atoms with E-state index in [-0.39, 0.29) is 11.9 Å². The average molecular weight is 309 g/mol. The van der Waals surface area contributed by atoms with E-state index in [4.69, 9.17) is 18.0 Å². The van der Waals surface area contributed by atoms with Gasteiger partial charge in [0, 0.05) is 22.2 Å². The minimum atomic E-state index is -0.319. The molecular weight excluding hydrogens is 290 g/mol. The zero-order chi connectivity index (χ0) is 14.7. The molecule has 0 saturated heterocycles. The minimum absolute atomic E-state index is 0.0101. The Morgan fingerprint density at radius 3 is 2.75 bits per heavy atom. The molecule has 2 rings (SSSR count). The summed E-state index contributed by atoms with van der Waals surface area (Å²) in [4.78, 5) is 13.3. The van der Waals surface area contributed by atoms with Crippen molar-refractivity contribution in [1.29, 1.82) is 0 Å². The lowest BCUT2D eigenvalue weighted by molar-refractivity contribution is -0.121. The van der Waals surface area contributed by atoms with Crippen LogP contribution in [0.5, 0.6) is 0 Å². The van der Waals surface area contributed by atoms with E-state index >= 15 is 0 Å². The van der Waals surface area contributed by atoms with E-state index in [2.05, 4.69) is 10.6 Å². The highest BCUT2D eigenvalue weighted by molar-refractivity contribution is 7.98. The van der Waals surface area contributed by atoms with E-state index in [9.17, 15) is 4.79 Å². The van der Waals surface area contributed by atoms with Crippen molar-refractivity contribution >= 4 is 40.6 Å². The van der Waals surface area contributed by atoms with Crippen molar-refractivity contribution in [3.05, 3.63) is 23.8 Å². The number of thiocarbonyl (C=S) groups is 1. The molecule has 0 bridgehead atoms. The number of anilines is 1. The van der Waals surface area contributed by atoms with Crippen molar-refractivity contribution in [1.82, 2.24) is 5.32 Å². The first-order valence-corrected chi connectivity index (χ1v) is 8.20. The highest BCUT2D eigenvalue weighted by Gasteiger charge is 2.26. The van der Waals surface area contributed by atoms with E-state index in [0.717, 1.165) is 29.0 Å². The minimum Gasteiger partial charge on any atom is -0.389 e. The molecule has 0 heterocycles. The molecule has 1 amide bonds. The van der Waals surface area contributed by atoms with Gasteiger partial charge in [-0.25, -0.2) is 0 Å². The summed E-state index contributed by atoms with van der Waals surface area (Å²) in [6.07, 6.45) is 4.14. The normalized spacial score (nSPS) is 15.5. The monoisotopic (exact) mass is 309 g/mol. The summed E-state index contributed by atoms with van der Waals surface area (Å²) >= 11 is 6.71. The molecule has 1 aliphatic carbocycles. The quantitative estimate of drug-likeness (QED) is 0.555. The maximum Gasteiger partial charge on any atom is 0.242 e. The highest BCUT2D eigenvalue weighted by Crippen LogP contribution is 2.27. The number of nitrogens with one attached hydrogen (secondary N) is 2. The lowest BCUT2D eigenvalue weighted by atomic mass is 10.1. The second-order valence-electron chi connectivity index (χ2n) is 4.90. The molecule has 0 spiro atoms. The number of nitrogens with two attached hydrogens (primary N) is 1. The van der Waals surface area contributed by atoms with Crippen LogP contribution < -0.4 is 16.4 Å². The molecule has 0 aliphatic heterocycles. The molecule has 4 N–H and O–H groups in total. The van der Waals surface area contributed by atoms with Crippen LogP contribution in [0.3, 0.4) is 0 Å². The number of rotatable bonds is 6. The fraction of sp³-hybridized carbons (Fsp3) is 0.429. The predicted octanol–water partition coefficient (Wildman–Crippen LogP) is 2.12. The van der Waals surface area contributed by atoms with E-state index in [1.807, 2.05) is 31.4 Å². The van der Waals surface area contributed by atoms with Crippen LogP contribution in [0.25, 0.3) is 0 Å². The van der Waals surface area contributed by atoms with Crippen LogP contribution in [0.15, 0.2) is 23.1 Å². The number of hydrogen-bond donors (Lipinski definition) is 3. The van der Waals surface area contributed by atoms with Crippen molar-refractivity contribution in [2.75, 3.05) is 11.6 Å². The maximum atomic E-state index is 12.0. The first-order valence-electron chi connectivity index (χ1n) is 6.56. The molecule has 4 nitrogen and oxygen atoms in total. The van der Waals surface area contributed by atoms with Crippen molar-refractivity contribution in [2.24, 2.45) is 5.73 Å². The number of carbonyl (C=O) groups excluding carboxylic acids is 1. The van der Waals surface area contributed by atoms with Crippen LogP contribution in [0.1, 0.15) is 25.3 Å². The summed E-state index contributed by atoms with van der Waals surface area (Å²) in [6.45, 7) is 1.84. The number of hydrogen-bond acceptors (Lipinski definition) is 4. The van der Waals surface area contributed by atoms with Gasteiger partial charge in [-0.2, -0.15) is 0 Å². The van der Waals surface area contributed by atoms with Crippen molar-refractivity contribution in [2.45, 2.75) is 36.7 Å². The van der Waals surface area contributed by atoms with Gasteiger partial charge < -0.3 is 16.4 Å². The van der Waals surface area contributed by atoms with Crippen LogP contribution in [0.4, 0.5) is 5.69 Å². The summed E-state index contributed by atoms with van der Waals surface area (Å²) in [5.41, 5.74) is 7.43. The first kappa shape index (κ1) is 15.1. The summed E-state index contributed by atoms with van der Waals surface area (Å²) < 4.78 is 0. The maximum absolute atomic E-state index is 12.0. The summed E-state index contributed by atoms with van der Waals surface area (Å²) in [5.74, 6) is 0.0101. The van der Waals surface area contributed by atoms with Gasteiger partial charge in [0.15, 0.2) is 0 Å². The van der Waals surface area contributed by atoms with Gasteiger partial charge >= 0.3 is 0 Å². The van der Waals surface area contributed by atoms with Gasteiger partial charge in [0.25, 0.3) is 0 Å². The Morgan fingerprint density at radius 1 is 1.50 bits per heavy atom. The SMILES string of the molecule is CSc1cccc(NC(C)C(=O)NC2CC2)c1C(N)=S. The van der Waals surface area contributed by atoms with Crippen LogP contribution in [0.2, 0.25) is 0 Å². The molecule has 6 heteroatoms. The van der Waals surface area contributed by atoms with Crippen LogP contribution >= 0.6 is 24.0 Å². The molecule has 1 saturated carbocycles. The zero-order valence-electron chi connectivity index (χ0n) is 11.6. The summed E-state index contributed by atoms with van der Waals surface area (Å²) in [6, 6.07) is 5.84. The van der Waals surface area contributed by atoms with Crippen LogP contribution in [0, 0.1) is 0 Å². The van der Waals surface area contributed by atoms with E-state index < -0.39 is 0 Å². The molecule has 0 radical (unpaired) electrons. The number of carbonyl (C=O) groups is 1. The summed E-state index contributed by atoms with van der Waals surface area (Å²) in [7, 11) is 0. The molecule has 1 aliphatic rings. The lowest BCUT2D eigenvalue weighted by Gasteiger charge is -2.19. The molecule has 108 valence electrons. The van der Waals surface area contributed by atoms with Gasteiger partial charge in [-0.15, -0.1) is 11.8 Å². The van der Waals surface area contributed by atoms with Crippen molar-refractivity contribution < 1.29 is 4.79 Å². The topological polar surface area (TPSA) is 67.2 Å². The van der Waals surface area contributed by atoms with Crippen LogP contribution in [-0.4, -0.2) is 29.2 Å². The number of thioether (sulfide) groups is 1. The third kappa shape index (κ3) is 3.64. The van der Waals surface area contributed by atoms with Gasteiger partial charge in [0.05, 0.1) is 0 Å². The Balaban J connectivity index is 2.15. The predicted molar refractivity (Wildman–Crippen MR) is 88.4 cm³/mol. The molecular formula is C14H19N3OS2. The van der Waals surface area contributed by atoms with Crippen molar-refractivity contribution in [3.8, 4) is 0 Å². The Hall–Kier alpha value is -1.27. The van der Waals surface area contributed by atoms with Crippen LogP contribution in [-0.2, 0) is 4.79 Å². The van der Waals surface area contributed by atoms with Crippen molar-refractivity contribution in [3.63, 3.8) is 0 Å². The largest absolute Gasteiger partial charge is 0.389 e. The first-order chi connectivity index (χ1) is 9.52. The molecule has 1 aromatic rings. The standard InChI is InChI=1S/C14H19N3OS2/c1-8(14(18)17-9-6-7-9)16-10-4-3-5-11(20-2)12(10)13(15)19/h3-5,8-9,16H,6-7H2,1-2H3,(H2,15,19)(H,17,18). The molecule has 1 unspecified atom stereocenters. The van der Waals surface area contributed by atoms with E-state index in [1.54, 1.807) is 11.8 Å². The smallest absolute Gasteiger partial charge is 0.242 e. The van der Waals surface area contributed by atoms with Gasteiger partial charge in [0.2, 0.25) is 5.91 Å². The number of benzene rings is 1. The lowest BCUT2D eigenvalue weighted by Crippen LogP contribution is -2.39. The fourth-order valence-corrected chi connectivity index (χ4v) is 2.85. The van der Waals surface area contributed by atoms with E-state index in [1.165, 1.54) is 0 Å². The average Bonchev–Trinajstić information content (AvgIpc) is 3.21. The van der Waals surface area contributed by atoms with Gasteiger partial charge in [-0.1, -0.05) is 18.3 Å². The Kier molecular flexibility index (Phi) is 4.88. The highest BCUT2D eigenvalue weighted by atomic mass is 32.2. The molecule has 0 aromatic heterocycles. The van der Waals surface area contributed by atoms with Gasteiger partial charge in [-0.05, 0) is 38.2 Å². The Bertz CT molecular complexity index is 529. The molecule has 20 heavy (non-hydrogen) atoms. The second-order valence-corrected chi connectivity index (χ2v) is 6.18. The number of amides is 1. The summed E-state index contributed by atoms with van der Waals surface area (Å²) in [5, 5.41) is 6.19. The molecule has 1 aromatic carbocycles.